The largest absolute Gasteiger partial charge is 0.391 e. The van der Waals surface area contributed by atoms with Crippen molar-refractivity contribution in [3.8, 4) is 0 Å². The number of aliphatic hydroxyl groups excluding tert-OH is 1. The molecule has 0 aromatic rings. The maximum Gasteiger partial charge on any atom is 0.224 e. The van der Waals surface area contributed by atoms with E-state index in [4.69, 9.17) is 0 Å². The molecular weight excluding hydrogens is 282 g/mol. The molecule has 0 aromatic carbocycles. The first-order chi connectivity index (χ1) is 10.6. The van der Waals surface area contributed by atoms with E-state index in [1.54, 1.807) is 0 Å². The highest BCUT2D eigenvalue weighted by Gasteiger charge is 2.33. The summed E-state index contributed by atoms with van der Waals surface area (Å²) >= 11 is 0. The summed E-state index contributed by atoms with van der Waals surface area (Å²) in [5.74, 6) is 0.346. The van der Waals surface area contributed by atoms with E-state index >= 15 is 0 Å². The molecule has 1 aliphatic carbocycles. The fourth-order valence-electron chi connectivity index (χ4n) is 3.98. The molecule has 6 nitrogen and oxygen atoms in total. The van der Waals surface area contributed by atoms with Gasteiger partial charge >= 0.3 is 0 Å². The number of aliphatic hydroxyl groups is 1. The van der Waals surface area contributed by atoms with Gasteiger partial charge in [-0.05, 0) is 25.7 Å². The lowest BCUT2D eigenvalue weighted by Crippen LogP contribution is -2.53. The number of carbonyl (C=O) groups is 2. The molecule has 0 aromatic heterocycles. The molecule has 3 aliphatic rings. The monoisotopic (exact) mass is 309 g/mol. The zero-order chi connectivity index (χ0) is 15.5. The van der Waals surface area contributed by atoms with E-state index in [-0.39, 0.29) is 17.9 Å². The average Bonchev–Trinajstić information content (AvgIpc) is 3.13. The minimum atomic E-state index is -0.191. The molecule has 0 spiro atoms. The van der Waals surface area contributed by atoms with Gasteiger partial charge in [0.2, 0.25) is 11.8 Å². The molecule has 0 unspecified atom stereocenters. The lowest BCUT2D eigenvalue weighted by Gasteiger charge is -2.39. The molecule has 1 saturated carbocycles. The van der Waals surface area contributed by atoms with E-state index in [0.717, 1.165) is 58.4 Å². The zero-order valence-electron chi connectivity index (χ0n) is 13.2. The topological polar surface area (TPSA) is 64.1 Å². The van der Waals surface area contributed by atoms with Crippen LogP contribution >= 0.6 is 0 Å². The van der Waals surface area contributed by atoms with Crippen LogP contribution in [0.3, 0.4) is 0 Å². The van der Waals surface area contributed by atoms with Crippen LogP contribution in [-0.2, 0) is 9.59 Å². The second-order valence-corrected chi connectivity index (χ2v) is 6.72. The van der Waals surface area contributed by atoms with Crippen LogP contribution in [0, 0.1) is 0 Å². The fraction of sp³-hybridized carbons (Fsp3) is 0.875. The van der Waals surface area contributed by atoms with Gasteiger partial charge in [-0.25, -0.2) is 0 Å². The number of hydrogen-bond donors (Lipinski definition) is 1. The van der Waals surface area contributed by atoms with Crippen LogP contribution in [0.4, 0.5) is 0 Å². The summed E-state index contributed by atoms with van der Waals surface area (Å²) in [5.41, 5.74) is 0. The molecule has 6 heteroatoms. The highest BCUT2D eigenvalue weighted by Crippen LogP contribution is 2.25. The minimum absolute atomic E-state index is 0.159. The first kappa shape index (κ1) is 15.7. The number of hydrogen-bond acceptors (Lipinski definition) is 4. The van der Waals surface area contributed by atoms with E-state index in [2.05, 4.69) is 4.90 Å². The van der Waals surface area contributed by atoms with Gasteiger partial charge < -0.3 is 14.9 Å². The Hall–Kier alpha value is -1.14. The number of amides is 2. The van der Waals surface area contributed by atoms with E-state index in [9.17, 15) is 14.7 Å². The Morgan fingerprint density at radius 2 is 1.86 bits per heavy atom. The molecule has 0 bridgehead atoms. The van der Waals surface area contributed by atoms with Gasteiger partial charge in [0.25, 0.3) is 0 Å². The van der Waals surface area contributed by atoms with Crippen LogP contribution in [0.5, 0.6) is 0 Å². The Balaban J connectivity index is 1.41. The van der Waals surface area contributed by atoms with Crippen molar-refractivity contribution in [2.45, 2.75) is 50.7 Å². The molecule has 1 N–H and O–H groups in total. The van der Waals surface area contributed by atoms with Crippen LogP contribution in [0.25, 0.3) is 0 Å². The molecule has 22 heavy (non-hydrogen) atoms. The zero-order valence-corrected chi connectivity index (χ0v) is 13.2. The number of likely N-dealkylation sites (tertiary alicyclic amines) is 1. The highest BCUT2D eigenvalue weighted by molar-refractivity contribution is 5.80. The summed E-state index contributed by atoms with van der Waals surface area (Å²) in [6, 6.07) is 0.291. The maximum atomic E-state index is 12.3. The Kier molecular flexibility index (Phi) is 4.98. The highest BCUT2D eigenvalue weighted by atomic mass is 16.3. The second kappa shape index (κ2) is 6.96. The van der Waals surface area contributed by atoms with Gasteiger partial charge in [-0.15, -0.1) is 0 Å². The molecule has 2 heterocycles. The summed E-state index contributed by atoms with van der Waals surface area (Å²) in [6.45, 7) is 4.58. The van der Waals surface area contributed by atoms with Crippen LogP contribution in [0.15, 0.2) is 0 Å². The van der Waals surface area contributed by atoms with Gasteiger partial charge in [-0.2, -0.15) is 0 Å². The molecule has 2 aliphatic heterocycles. The van der Waals surface area contributed by atoms with Crippen molar-refractivity contribution in [2.75, 3.05) is 39.3 Å². The molecule has 3 fully saturated rings. The van der Waals surface area contributed by atoms with Crippen molar-refractivity contribution < 1.29 is 14.7 Å². The molecule has 0 radical (unpaired) electrons. The third kappa shape index (κ3) is 3.43. The van der Waals surface area contributed by atoms with Crippen molar-refractivity contribution in [2.24, 2.45) is 0 Å². The third-order valence-corrected chi connectivity index (χ3v) is 5.35. The van der Waals surface area contributed by atoms with E-state index < -0.39 is 0 Å². The van der Waals surface area contributed by atoms with Crippen molar-refractivity contribution >= 4 is 11.8 Å². The quantitative estimate of drug-likeness (QED) is 0.797. The van der Waals surface area contributed by atoms with Crippen molar-refractivity contribution in [3.05, 3.63) is 0 Å². The summed E-state index contributed by atoms with van der Waals surface area (Å²) in [6.07, 6.45) is 4.90. The maximum absolute atomic E-state index is 12.3. The van der Waals surface area contributed by atoms with Crippen molar-refractivity contribution in [1.29, 1.82) is 0 Å². The van der Waals surface area contributed by atoms with E-state index in [1.165, 1.54) is 0 Å². The van der Waals surface area contributed by atoms with Crippen LogP contribution in [0.2, 0.25) is 0 Å². The molecule has 124 valence electrons. The Morgan fingerprint density at radius 1 is 1.09 bits per heavy atom. The smallest absolute Gasteiger partial charge is 0.224 e. The summed E-state index contributed by atoms with van der Waals surface area (Å²) in [7, 11) is 0. The number of piperazine rings is 1. The van der Waals surface area contributed by atoms with Crippen LogP contribution < -0.4 is 0 Å². The molecule has 2 saturated heterocycles. The first-order valence-corrected chi connectivity index (χ1v) is 8.63. The lowest BCUT2D eigenvalue weighted by molar-refractivity contribution is -0.134. The average molecular weight is 309 g/mol. The lowest BCUT2D eigenvalue weighted by atomic mass is 10.1. The van der Waals surface area contributed by atoms with E-state index in [1.807, 2.05) is 9.80 Å². The summed E-state index contributed by atoms with van der Waals surface area (Å²) in [5, 5.41) is 9.99. The standard InChI is InChI=1S/C16H27N3O3/c20-14-4-1-3-13(14)17-9-11-19(12-10-17)16(22)6-8-18-7-2-5-15(18)21/h13-14,20H,1-12H2/t13-,14+/m0/s1. The Labute approximate surface area is 132 Å². The van der Waals surface area contributed by atoms with Gasteiger partial charge in [0.15, 0.2) is 0 Å². The van der Waals surface area contributed by atoms with Gasteiger partial charge in [-0.3, -0.25) is 14.5 Å². The predicted octanol–water partition coefficient (Wildman–Crippen LogP) is 0.0565. The summed E-state index contributed by atoms with van der Waals surface area (Å²) in [4.78, 5) is 29.9. The van der Waals surface area contributed by atoms with Crippen LogP contribution in [-0.4, -0.2) is 83.0 Å². The number of rotatable bonds is 4. The van der Waals surface area contributed by atoms with Crippen molar-refractivity contribution in [1.82, 2.24) is 14.7 Å². The van der Waals surface area contributed by atoms with Gasteiger partial charge in [0, 0.05) is 58.2 Å². The Bertz CT molecular complexity index is 421. The predicted molar refractivity (Wildman–Crippen MR) is 82.2 cm³/mol. The normalized spacial score (nSPS) is 30.3. The van der Waals surface area contributed by atoms with Gasteiger partial charge in [0.1, 0.15) is 0 Å². The molecular formula is C16H27N3O3. The van der Waals surface area contributed by atoms with Crippen molar-refractivity contribution in [3.63, 3.8) is 0 Å². The SMILES string of the molecule is O=C1CCCN1CCC(=O)N1CCN([C@H]2CCC[C@H]2O)CC1. The molecule has 2 atom stereocenters. The molecule has 3 rings (SSSR count). The third-order valence-electron chi connectivity index (χ3n) is 5.35. The van der Waals surface area contributed by atoms with Crippen LogP contribution in [0.1, 0.15) is 38.5 Å². The first-order valence-electron chi connectivity index (χ1n) is 8.63. The minimum Gasteiger partial charge on any atom is -0.391 e. The number of nitrogens with zero attached hydrogens (tertiary/aromatic N) is 3. The van der Waals surface area contributed by atoms with E-state index in [0.29, 0.717) is 25.4 Å². The van der Waals surface area contributed by atoms with Gasteiger partial charge in [0.05, 0.1) is 6.10 Å². The fourth-order valence-corrected chi connectivity index (χ4v) is 3.98. The second-order valence-electron chi connectivity index (χ2n) is 6.72. The summed E-state index contributed by atoms with van der Waals surface area (Å²) < 4.78 is 0. The molecule has 2 amide bonds. The van der Waals surface area contributed by atoms with Gasteiger partial charge in [-0.1, -0.05) is 0 Å². The number of carbonyl (C=O) groups excluding carboxylic acids is 2. The Morgan fingerprint density at radius 3 is 2.45 bits per heavy atom.